The molecule has 64 valence electrons. The Kier molecular flexibility index (Phi) is 16.5. The Morgan fingerprint density at radius 2 is 1.75 bits per heavy atom. The normalized spacial score (nSPS) is 9.33. The van der Waals surface area contributed by atoms with Crippen LogP contribution in [0.3, 0.4) is 0 Å². The highest BCUT2D eigenvalue weighted by Crippen LogP contribution is 1.84. The van der Waals surface area contributed by atoms with Crippen molar-refractivity contribution in [3.63, 3.8) is 0 Å². The van der Waals surface area contributed by atoms with Gasteiger partial charge in [-0.3, -0.25) is 4.89 Å². The van der Waals surface area contributed by atoms with Gasteiger partial charge in [-0.25, -0.2) is 20.4 Å². The van der Waals surface area contributed by atoms with Gasteiger partial charge in [-0.1, -0.05) is 0 Å². The van der Waals surface area contributed by atoms with Crippen molar-refractivity contribution in [3.8, 4) is 0 Å². The maximum absolute atomic E-state index is 8.35. The first-order chi connectivity index (χ1) is 5.83. The van der Waals surface area contributed by atoms with Gasteiger partial charge in [0.1, 0.15) is 6.26 Å². The minimum absolute atomic E-state index is 0.750. The van der Waals surface area contributed by atoms with E-state index >= 15 is 0 Å². The Bertz CT molecular complexity index is 187. The van der Waals surface area contributed by atoms with Gasteiger partial charge in [-0.05, 0) is 11.2 Å². The van der Waals surface area contributed by atoms with Crippen molar-refractivity contribution in [1.82, 2.24) is 0 Å². The first kappa shape index (κ1) is 12.4. The summed E-state index contributed by atoms with van der Waals surface area (Å²) in [6.45, 7) is 0. The molecular weight excluding hydrogens is 166 g/mol. The minimum atomic E-state index is 0.750. The third-order valence-electron chi connectivity index (χ3n) is 0.367. The van der Waals surface area contributed by atoms with Crippen molar-refractivity contribution in [2.45, 2.75) is 0 Å². The van der Waals surface area contributed by atoms with Gasteiger partial charge in [-0.2, -0.15) is 4.99 Å². The van der Waals surface area contributed by atoms with Gasteiger partial charge >= 0.3 is 0 Å². The zero-order valence-corrected chi connectivity index (χ0v) is 5.81. The smallest absolute Gasteiger partial charge is 0.231 e. The predicted octanol–water partition coefficient (Wildman–Crippen LogP) is 0.250. The minimum Gasteiger partial charge on any atom is -0.275 e. The van der Waals surface area contributed by atoms with Gasteiger partial charge < -0.3 is 0 Å². The molecule has 1 aliphatic heterocycles. The molecule has 0 radical (unpaired) electrons. The molecule has 0 saturated carbocycles. The Balaban J connectivity index is 0. The number of isocyanates is 2. The molecule has 0 aromatic heterocycles. The highest BCUT2D eigenvalue weighted by molar-refractivity contribution is 5.70. The quantitative estimate of drug-likeness (QED) is 0.309. The van der Waals surface area contributed by atoms with Crippen molar-refractivity contribution in [1.29, 1.82) is 10.8 Å². The predicted molar refractivity (Wildman–Crippen MR) is 36.6 cm³/mol. The molecule has 1 rings (SSSR count). The molecule has 7 nitrogen and oxygen atoms in total. The van der Waals surface area contributed by atoms with Crippen LogP contribution in [0, 0.1) is 10.8 Å². The highest BCUT2D eigenvalue weighted by atomic mass is 17.3. The second-order valence-corrected chi connectivity index (χ2v) is 0.958. The van der Waals surface area contributed by atoms with Crippen molar-refractivity contribution in [2.75, 3.05) is 0 Å². The number of rotatable bonds is 0. The molecule has 0 spiro atoms. The van der Waals surface area contributed by atoms with Gasteiger partial charge in [0.2, 0.25) is 12.2 Å². The van der Waals surface area contributed by atoms with Crippen LogP contribution in [0.1, 0.15) is 0 Å². The molecule has 0 amide bonds. The summed E-state index contributed by atoms with van der Waals surface area (Å²) in [7, 11) is 0. The van der Waals surface area contributed by atoms with Gasteiger partial charge in [0.25, 0.3) is 0 Å². The average molecular weight is 171 g/mol. The molecule has 7 heteroatoms. The summed E-state index contributed by atoms with van der Waals surface area (Å²) < 4.78 is 0. The lowest BCUT2D eigenvalue weighted by atomic mass is 10.7. The monoisotopic (exact) mass is 171 g/mol. The Hall–Kier alpha value is -2.23. The molecule has 0 aromatic rings. The third kappa shape index (κ3) is 25.1. The number of oxime groups is 1. The Morgan fingerprint density at radius 1 is 1.25 bits per heavy atom. The molecule has 0 aliphatic carbocycles. The summed E-state index contributed by atoms with van der Waals surface area (Å²) in [5.41, 5.74) is 0. The van der Waals surface area contributed by atoms with Crippen molar-refractivity contribution < 1.29 is 19.5 Å². The lowest BCUT2D eigenvalue weighted by molar-refractivity contribution is -0.251. The first-order valence-electron chi connectivity index (χ1n) is 2.42. The fraction of sp³-hybridized carbons (Fsp3) is 0. The Labute approximate surface area is 67.2 Å². The number of carbonyl (C=O) groups excluding carboxylic acids is 2. The fourth-order valence-corrected chi connectivity index (χ4v) is 0.177. The fourth-order valence-electron chi connectivity index (χ4n) is 0.177. The van der Waals surface area contributed by atoms with Crippen LogP contribution in [0.4, 0.5) is 0 Å². The molecule has 1 aliphatic rings. The summed E-state index contributed by atoms with van der Waals surface area (Å²) in [5, 5.41) is 14.0. The number of nitrogens with one attached hydrogen (secondary N) is 2. The second-order valence-electron chi connectivity index (χ2n) is 0.958. The maximum atomic E-state index is 8.35. The molecule has 0 bridgehead atoms. The van der Waals surface area contributed by atoms with E-state index in [-0.39, 0.29) is 0 Å². The SMILES string of the molecule is C1=COON=C1.N=C=O.N=C=O. The van der Waals surface area contributed by atoms with Gasteiger partial charge in [0, 0.05) is 0 Å². The number of hydrogen-bond donors (Lipinski definition) is 2. The third-order valence-corrected chi connectivity index (χ3v) is 0.367. The zero-order valence-electron chi connectivity index (χ0n) is 5.81. The molecule has 0 atom stereocenters. The van der Waals surface area contributed by atoms with Crippen LogP contribution in [0.5, 0.6) is 0 Å². The van der Waals surface area contributed by atoms with E-state index in [2.05, 4.69) is 15.0 Å². The van der Waals surface area contributed by atoms with E-state index in [0.29, 0.717) is 0 Å². The molecule has 12 heavy (non-hydrogen) atoms. The lowest BCUT2D eigenvalue weighted by Gasteiger charge is -1.92. The second kappa shape index (κ2) is 15.9. The summed E-state index contributed by atoms with van der Waals surface area (Å²) >= 11 is 0. The molecule has 0 fully saturated rings. The van der Waals surface area contributed by atoms with E-state index < -0.39 is 0 Å². The lowest BCUT2D eigenvalue weighted by Crippen LogP contribution is -1.82. The van der Waals surface area contributed by atoms with Crippen LogP contribution in [-0.2, 0) is 19.5 Å². The summed E-state index contributed by atoms with van der Waals surface area (Å²) in [6.07, 6.45) is 6.01. The van der Waals surface area contributed by atoms with Gasteiger partial charge in [0.15, 0.2) is 0 Å². The van der Waals surface area contributed by atoms with E-state index in [1.165, 1.54) is 12.5 Å². The van der Waals surface area contributed by atoms with Crippen LogP contribution in [0.2, 0.25) is 0 Å². The Morgan fingerprint density at radius 3 is 1.83 bits per heavy atom. The topological polar surface area (TPSA) is 113 Å². The largest absolute Gasteiger partial charge is 0.275 e. The van der Waals surface area contributed by atoms with E-state index in [4.69, 9.17) is 20.4 Å². The summed E-state index contributed by atoms with van der Waals surface area (Å²) in [6, 6.07) is 0. The van der Waals surface area contributed by atoms with Crippen LogP contribution < -0.4 is 0 Å². The molecule has 2 N–H and O–H groups in total. The van der Waals surface area contributed by atoms with Crippen molar-refractivity contribution in [2.24, 2.45) is 5.16 Å². The summed E-state index contributed by atoms with van der Waals surface area (Å²) in [5.74, 6) is 0. The molecular formula is C5H5N3O4. The zero-order chi connectivity index (χ0) is 9.66. The molecule has 0 unspecified atom stereocenters. The number of allylic oxidation sites excluding steroid dienone is 1. The van der Waals surface area contributed by atoms with Crippen LogP contribution in [-0.4, -0.2) is 18.4 Å². The van der Waals surface area contributed by atoms with Crippen molar-refractivity contribution in [3.05, 3.63) is 12.3 Å². The average Bonchev–Trinajstić information content (AvgIpc) is 2.10. The van der Waals surface area contributed by atoms with Gasteiger partial charge in [0.05, 0.1) is 6.21 Å². The molecule has 0 aromatic carbocycles. The van der Waals surface area contributed by atoms with E-state index in [1.807, 2.05) is 0 Å². The first-order valence-corrected chi connectivity index (χ1v) is 2.42. The number of nitrogens with zero attached hydrogens (tertiary/aromatic N) is 1. The van der Waals surface area contributed by atoms with Crippen LogP contribution >= 0.6 is 0 Å². The van der Waals surface area contributed by atoms with Gasteiger partial charge in [-0.15, -0.1) is 0 Å². The maximum Gasteiger partial charge on any atom is 0.231 e. The van der Waals surface area contributed by atoms with E-state index in [0.717, 1.165) is 12.2 Å². The van der Waals surface area contributed by atoms with E-state index in [1.54, 1.807) is 6.08 Å². The highest BCUT2D eigenvalue weighted by Gasteiger charge is 1.77. The summed E-state index contributed by atoms with van der Waals surface area (Å²) in [4.78, 5) is 24.9. The van der Waals surface area contributed by atoms with Crippen molar-refractivity contribution >= 4 is 18.4 Å². The standard InChI is InChI=1S/C3H3NO2.2CHNO/c1-2-4-6-5-3-1;2*2-1-3/h1-3H;2*2H. The van der Waals surface area contributed by atoms with Crippen LogP contribution in [0.25, 0.3) is 0 Å². The molecule has 1 heterocycles. The van der Waals surface area contributed by atoms with Crippen LogP contribution in [0.15, 0.2) is 17.5 Å². The molecule has 0 saturated heterocycles. The van der Waals surface area contributed by atoms with E-state index in [9.17, 15) is 0 Å². The number of hydrogen-bond acceptors (Lipinski definition) is 7.